The zero-order valence-corrected chi connectivity index (χ0v) is 15.0. The molecule has 2 heterocycles. The summed E-state index contributed by atoms with van der Waals surface area (Å²) in [6.45, 7) is 5.30. The zero-order chi connectivity index (χ0) is 18.0. The number of methoxy groups -OCH3 is 1. The van der Waals surface area contributed by atoms with Gasteiger partial charge in [0.2, 0.25) is 0 Å². The Kier molecular flexibility index (Phi) is 5.03. The van der Waals surface area contributed by atoms with Gasteiger partial charge < -0.3 is 15.4 Å². The van der Waals surface area contributed by atoms with Crippen molar-refractivity contribution in [2.75, 3.05) is 20.2 Å². The Hall–Kier alpha value is -2.41. The summed E-state index contributed by atoms with van der Waals surface area (Å²) in [5, 5.41) is 8.30. The molecule has 2 N–H and O–H groups in total. The summed E-state index contributed by atoms with van der Waals surface area (Å²) >= 11 is 0. The monoisotopic (exact) mass is 343 g/mol. The number of rotatable bonds is 4. The van der Waals surface area contributed by atoms with Crippen molar-refractivity contribution < 1.29 is 9.53 Å². The minimum absolute atomic E-state index is 0.0670. The molecule has 1 amide bonds. The van der Waals surface area contributed by atoms with E-state index in [0.717, 1.165) is 36.5 Å². The molecule has 1 saturated heterocycles. The number of likely N-dealkylation sites (tertiary alicyclic amines) is 1. The highest BCUT2D eigenvalue weighted by Gasteiger charge is 2.29. The molecule has 1 aliphatic heterocycles. The number of aromatic nitrogens is 3. The highest BCUT2D eigenvalue weighted by atomic mass is 16.5. The second-order valence-corrected chi connectivity index (χ2v) is 6.65. The van der Waals surface area contributed by atoms with Crippen molar-refractivity contribution >= 4 is 5.91 Å². The first-order valence-electron chi connectivity index (χ1n) is 8.63. The molecule has 0 saturated carbocycles. The summed E-state index contributed by atoms with van der Waals surface area (Å²) < 4.78 is 6.85. The molecule has 3 rings (SSSR count). The molecule has 1 fully saturated rings. The van der Waals surface area contributed by atoms with Gasteiger partial charge in [0.25, 0.3) is 5.91 Å². The third-order valence-corrected chi connectivity index (χ3v) is 4.90. The van der Waals surface area contributed by atoms with Crippen LogP contribution in [0, 0.1) is 12.8 Å². The van der Waals surface area contributed by atoms with E-state index >= 15 is 0 Å². The number of nitrogens with two attached hydrogens (primary N) is 1. The Bertz CT molecular complexity index is 738. The third kappa shape index (κ3) is 3.51. The van der Waals surface area contributed by atoms with Crippen molar-refractivity contribution in [2.45, 2.75) is 32.7 Å². The molecular weight excluding hydrogens is 318 g/mol. The summed E-state index contributed by atoms with van der Waals surface area (Å²) in [7, 11) is 1.63. The van der Waals surface area contributed by atoms with Gasteiger partial charge in [-0.25, -0.2) is 4.68 Å². The van der Waals surface area contributed by atoms with Crippen molar-refractivity contribution in [3.05, 3.63) is 35.7 Å². The summed E-state index contributed by atoms with van der Waals surface area (Å²) in [6, 6.07) is 7.58. The van der Waals surface area contributed by atoms with E-state index in [4.69, 9.17) is 10.5 Å². The highest BCUT2D eigenvalue weighted by Crippen LogP contribution is 2.22. The molecule has 2 atom stereocenters. The van der Waals surface area contributed by atoms with Crippen LogP contribution >= 0.6 is 0 Å². The van der Waals surface area contributed by atoms with Crippen molar-refractivity contribution in [3.8, 4) is 11.4 Å². The maximum absolute atomic E-state index is 12.9. The first-order chi connectivity index (χ1) is 12.0. The second kappa shape index (κ2) is 7.23. The van der Waals surface area contributed by atoms with Gasteiger partial charge in [-0.2, -0.15) is 0 Å². The van der Waals surface area contributed by atoms with Crippen LogP contribution in [0.3, 0.4) is 0 Å². The Balaban J connectivity index is 1.81. The lowest BCUT2D eigenvalue weighted by molar-refractivity contribution is 0.0654. The molecule has 0 spiro atoms. The van der Waals surface area contributed by atoms with Crippen LogP contribution in [0.5, 0.6) is 5.75 Å². The molecule has 1 aromatic heterocycles. The van der Waals surface area contributed by atoms with Gasteiger partial charge >= 0.3 is 0 Å². The molecule has 0 bridgehead atoms. The zero-order valence-electron chi connectivity index (χ0n) is 15.0. The number of carbonyl (C=O) groups excluding carboxylic acids is 1. The summed E-state index contributed by atoms with van der Waals surface area (Å²) in [4.78, 5) is 14.7. The normalized spacial score (nSPS) is 18.9. The standard InChI is InChI=1S/C18H25N5O2/c1-12(19)14-5-4-10-22(11-14)18(24)17-13(2)23(21-20-17)15-6-8-16(25-3)9-7-15/h6-9,12,14H,4-5,10-11,19H2,1-3H3. The van der Waals surface area contributed by atoms with Crippen LogP contribution < -0.4 is 10.5 Å². The summed E-state index contributed by atoms with van der Waals surface area (Å²) in [5.41, 5.74) is 8.00. The number of nitrogens with zero attached hydrogens (tertiary/aromatic N) is 4. The molecule has 1 aromatic carbocycles. The Morgan fingerprint density at radius 1 is 1.36 bits per heavy atom. The van der Waals surface area contributed by atoms with Gasteiger partial charge in [-0.3, -0.25) is 4.79 Å². The maximum Gasteiger partial charge on any atom is 0.276 e. The fourth-order valence-electron chi connectivity index (χ4n) is 3.27. The van der Waals surface area contributed by atoms with E-state index in [1.807, 2.05) is 43.0 Å². The first-order valence-corrected chi connectivity index (χ1v) is 8.63. The summed E-state index contributed by atoms with van der Waals surface area (Å²) in [5.74, 6) is 1.05. The number of carbonyl (C=O) groups is 1. The predicted octanol–water partition coefficient (Wildman–Crippen LogP) is 1.78. The largest absolute Gasteiger partial charge is 0.497 e. The molecule has 2 unspecified atom stereocenters. The molecule has 0 aliphatic carbocycles. The number of piperidine rings is 1. The van der Waals surface area contributed by atoms with Crippen LogP contribution in [-0.4, -0.2) is 52.0 Å². The minimum Gasteiger partial charge on any atom is -0.497 e. The number of hydrogen-bond acceptors (Lipinski definition) is 5. The van der Waals surface area contributed by atoms with Crippen LogP contribution in [0.2, 0.25) is 0 Å². The first kappa shape index (κ1) is 17.4. The van der Waals surface area contributed by atoms with Crippen molar-refractivity contribution in [1.29, 1.82) is 0 Å². The average molecular weight is 343 g/mol. The number of ether oxygens (including phenoxy) is 1. The molecule has 1 aliphatic rings. The average Bonchev–Trinajstić information content (AvgIpc) is 3.02. The van der Waals surface area contributed by atoms with Gasteiger partial charge in [0.15, 0.2) is 5.69 Å². The molecular formula is C18H25N5O2. The molecule has 134 valence electrons. The maximum atomic E-state index is 12.9. The van der Waals surface area contributed by atoms with E-state index in [-0.39, 0.29) is 11.9 Å². The van der Waals surface area contributed by atoms with Gasteiger partial charge in [-0.1, -0.05) is 5.21 Å². The lowest BCUT2D eigenvalue weighted by atomic mass is 9.92. The summed E-state index contributed by atoms with van der Waals surface area (Å²) in [6.07, 6.45) is 2.04. The SMILES string of the molecule is COc1ccc(-n2nnc(C(=O)N3CCCC(C(C)N)C3)c2C)cc1. The van der Waals surface area contributed by atoms with Crippen LogP contribution in [-0.2, 0) is 0 Å². The Morgan fingerprint density at radius 2 is 2.08 bits per heavy atom. The van der Waals surface area contributed by atoms with Gasteiger partial charge in [0.05, 0.1) is 18.5 Å². The minimum atomic E-state index is -0.0670. The van der Waals surface area contributed by atoms with Crippen LogP contribution in [0.1, 0.15) is 35.9 Å². The third-order valence-electron chi connectivity index (χ3n) is 4.90. The molecule has 7 heteroatoms. The van der Waals surface area contributed by atoms with Crippen LogP contribution in [0.15, 0.2) is 24.3 Å². The molecule has 7 nitrogen and oxygen atoms in total. The quantitative estimate of drug-likeness (QED) is 0.914. The number of amides is 1. The van der Waals surface area contributed by atoms with Crippen molar-refractivity contribution in [1.82, 2.24) is 19.9 Å². The van der Waals surface area contributed by atoms with Crippen molar-refractivity contribution in [3.63, 3.8) is 0 Å². The Morgan fingerprint density at radius 3 is 2.72 bits per heavy atom. The predicted molar refractivity (Wildman–Crippen MR) is 94.9 cm³/mol. The van der Waals surface area contributed by atoms with Crippen molar-refractivity contribution in [2.24, 2.45) is 11.7 Å². The van der Waals surface area contributed by atoms with E-state index < -0.39 is 0 Å². The van der Waals surface area contributed by atoms with E-state index in [1.165, 1.54) is 0 Å². The fraction of sp³-hybridized carbons (Fsp3) is 0.500. The smallest absolute Gasteiger partial charge is 0.276 e. The molecule has 2 aromatic rings. The van der Waals surface area contributed by atoms with Crippen LogP contribution in [0.4, 0.5) is 0 Å². The topological polar surface area (TPSA) is 86.3 Å². The second-order valence-electron chi connectivity index (χ2n) is 6.65. The lowest BCUT2D eigenvalue weighted by Crippen LogP contribution is -2.45. The number of hydrogen-bond donors (Lipinski definition) is 1. The van der Waals surface area contributed by atoms with Gasteiger partial charge in [-0.15, -0.1) is 5.10 Å². The van der Waals surface area contributed by atoms with E-state index in [9.17, 15) is 4.79 Å². The van der Waals surface area contributed by atoms with E-state index in [1.54, 1.807) is 11.8 Å². The Labute approximate surface area is 147 Å². The fourth-order valence-corrected chi connectivity index (χ4v) is 3.27. The van der Waals surface area contributed by atoms with Gasteiger partial charge in [0.1, 0.15) is 5.75 Å². The van der Waals surface area contributed by atoms with Gasteiger partial charge in [0, 0.05) is 19.1 Å². The van der Waals surface area contributed by atoms with E-state index in [2.05, 4.69) is 10.3 Å². The molecule has 0 radical (unpaired) electrons. The lowest BCUT2D eigenvalue weighted by Gasteiger charge is -2.34. The number of benzene rings is 1. The molecule has 25 heavy (non-hydrogen) atoms. The van der Waals surface area contributed by atoms with Gasteiger partial charge in [-0.05, 0) is 56.9 Å². The highest BCUT2D eigenvalue weighted by molar-refractivity contribution is 5.93. The van der Waals surface area contributed by atoms with Crippen LogP contribution in [0.25, 0.3) is 5.69 Å². The van der Waals surface area contributed by atoms with E-state index in [0.29, 0.717) is 18.2 Å².